The van der Waals surface area contributed by atoms with E-state index in [1.165, 1.54) is 12.8 Å². The molecular weight excluding hydrogens is 470 g/mol. The zero-order valence-corrected chi connectivity index (χ0v) is 21.1. The first kappa shape index (κ1) is 26.9. The molecule has 0 aliphatic carbocycles. The highest BCUT2D eigenvalue weighted by Gasteiger charge is 2.34. The summed E-state index contributed by atoms with van der Waals surface area (Å²) in [5, 5.41) is 5.51. The van der Waals surface area contributed by atoms with Gasteiger partial charge in [-0.2, -0.15) is 0 Å². The first-order valence-electron chi connectivity index (χ1n) is 12.4. The summed E-state index contributed by atoms with van der Waals surface area (Å²) < 4.78 is 16.5. The normalized spacial score (nSPS) is 19.7. The number of esters is 1. The molecule has 0 aromatic heterocycles. The van der Waals surface area contributed by atoms with Gasteiger partial charge in [-0.3, -0.25) is 19.7 Å². The van der Waals surface area contributed by atoms with E-state index in [1.54, 1.807) is 29.2 Å². The summed E-state index contributed by atoms with van der Waals surface area (Å²) >= 11 is 5.42. The van der Waals surface area contributed by atoms with Gasteiger partial charge in [-0.15, -0.1) is 0 Å². The van der Waals surface area contributed by atoms with Crippen molar-refractivity contribution in [1.29, 1.82) is 0 Å². The number of ether oxygens (including phenoxy) is 3. The standard InChI is InChI=1S/C25H35N3O6S/c1-2-3-4-5-14-32-19-10-8-18(9-11-19)23(30)27-25(35)28-13-12-26-24(31)21(28)16-22(29)34-17-20-7-6-15-33-20/h8-11,20-21H,2-7,12-17H2,1H3,(H,26,31)(H,27,30,35). The molecule has 2 N–H and O–H groups in total. The van der Waals surface area contributed by atoms with Crippen LogP contribution < -0.4 is 15.4 Å². The van der Waals surface area contributed by atoms with Gasteiger partial charge in [-0.25, -0.2) is 0 Å². The van der Waals surface area contributed by atoms with Crippen LogP contribution in [0.2, 0.25) is 0 Å². The third kappa shape index (κ3) is 8.47. The number of nitrogens with one attached hydrogen (secondary N) is 2. The predicted octanol–water partition coefficient (Wildman–Crippen LogP) is 2.57. The largest absolute Gasteiger partial charge is 0.494 e. The minimum atomic E-state index is -0.850. The smallest absolute Gasteiger partial charge is 0.308 e. The number of carbonyl (C=O) groups excluding carboxylic acids is 3. The summed E-state index contributed by atoms with van der Waals surface area (Å²) in [5.41, 5.74) is 0.416. The Bertz CT molecular complexity index is 872. The Hall–Kier alpha value is -2.72. The van der Waals surface area contributed by atoms with Gasteiger partial charge in [0.25, 0.3) is 5.91 Å². The number of piperazine rings is 1. The lowest BCUT2D eigenvalue weighted by Crippen LogP contribution is -2.60. The van der Waals surface area contributed by atoms with Crippen LogP contribution in [0.4, 0.5) is 0 Å². The number of hydrogen-bond acceptors (Lipinski definition) is 7. The highest BCUT2D eigenvalue weighted by molar-refractivity contribution is 7.80. The first-order valence-corrected chi connectivity index (χ1v) is 12.8. The van der Waals surface area contributed by atoms with Crippen molar-refractivity contribution in [3.05, 3.63) is 29.8 Å². The Morgan fingerprint density at radius 3 is 2.74 bits per heavy atom. The van der Waals surface area contributed by atoms with E-state index in [0.717, 1.165) is 25.7 Å². The van der Waals surface area contributed by atoms with Crippen LogP contribution >= 0.6 is 12.2 Å². The quantitative estimate of drug-likeness (QED) is 0.269. The third-order valence-electron chi connectivity index (χ3n) is 6.01. The lowest BCUT2D eigenvalue weighted by atomic mass is 10.1. The van der Waals surface area contributed by atoms with Gasteiger partial charge in [0.05, 0.1) is 19.1 Å². The molecule has 0 saturated carbocycles. The molecule has 192 valence electrons. The summed E-state index contributed by atoms with van der Waals surface area (Å²) in [7, 11) is 0. The maximum Gasteiger partial charge on any atom is 0.308 e. The second-order valence-electron chi connectivity index (χ2n) is 8.72. The van der Waals surface area contributed by atoms with E-state index in [9.17, 15) is 14.4 Å². The zero-order valence-electron chi connectivity index (χ0n) is 20.3. The molecule has 1 aromatic rings. The Morgan fingerprint density at radius 1 is 1.23 bits per heavy atom. The van der Waals surface area contributed by atoms with Crippen molar-refractivity contribution in [2.24, 2.45) is 0 Å². The molecule has 0 spiro atoms. The van der Waals surface area contributed by atoms with Crippen LogP contribution in [0.1, 0.15) is 62.2 Å². The molecule has 1 aromatic carbocycles. The number of carbonyl (C=O) groups is 3. The van der Waals surface area contributed by atoms with E-state index in [1.807, 2.05) is 0 Å². The Kier molecular flexibility index (Phi) is 10.7. The van der Waals surface area contributed by atoms with Crippen molar-refractivity contribution in [2.45, 2.75) is 64.0 Å². The summed E-state index contributed by atoms with van der Waals surface area (Å²) in [6.07, 6.45) is 6.04. The van der Waals surface area contributed by atoms with Gasteiger partial charge in [0.15, 0.2) is 5.11 Å². The van der Waals surface area contributed by atoms with Gasteiger partial charge in [-0.05, 0) is 55.7 Å². The molecule has 2 saturated heterocycles. The molecule has 2 aliphatic rings. The molecule has 2 atom stereocenters. The highest BCUT2D eigenvalue weighted by Crippen LogP contribution is 2.16. The number of amides is 2. The van der Waals surface area contributed by atoms with Crippen LogP contribution in [-0.4, -0.2) is 72.9 Å². The summed E-state index contributed by atoms with van der Waals surface area (Å²) in [4.78, 5) is 39.1. The van der Waals surface area contributed by atoms with Crippen LogP contribution in [-0.2, 0) is 19.1 Å². The molecule has 2 heterocycles. The lowest BCUT2D eigenvalue weighted by Gasteiger charge is -2.36. The van der Waals surface area contributed by atoms with Crippen molar-refractivity contribution >= 4 is 35.1 Å². The Morgan fingerprint density at radius 2 is 2.03 bits per heavy atom. The number of hydrogen-bond donors (Lipinski definition) is 2. The van der Waals surface area contributed by atoms with Gasteiger partial charge < -0.3 is 24.4 Å². The molecule has 0 bridgehead atoms. The van der Waals surface area contributed by atoms with Gasteiger partial charge in [0, 0.05) is 25.3 Å². The second kappa shape index (κ2) is 14.0. The fraction of sp³-hybridized carbons (Fsp3) is 0.600. The fourth-order valence-corrected chi connectivity index (χ4v) is 4.31. The number of thiocarbonyl (C=S) groups is 1. The predicted molar refractivity (Wildman–Crippen MR) is 134 cm³/mol. The van der Waals surface area contributed by atoms with Crippen molar-refractivity contribution in [3.8, 4) is 5.75 Å². The number of unbranched alkanes of at least 4 members (excludes halogenated alkanes) is 3. The molecule has 2 amide bonds. The molecule has 10 heteroatoms. The van der Waals surface area contributed by atoms with Crippen LogP contribution in [0, 0.1) is 0 Å². The first-order chi connectivity index (χ1) is 17.0. The van der Waals surface area contributed by atoms with E-state index >= 15 is 0 Å². The summed E-state index contributed by atoms with van der Waals surface area (Å²) in [6, 6.07) is 5.99. The van der Waals surface area contributed by atoms with E-state index in [2.05, 4.69) is 17.6 Å². The monoisotopic (exact) mass is 505 g/mol. The SMILES string of the molecule is CCCCCCOc1ccc(C(=O)NC(=S)N2CCNC(=O)C2CC(=O)OCC2CCCO2)cc1. The van der Waals surface area contributed by atoms with Gasteiger partial charge in [0.1, 0.15) is 18.4 Å². The van der Waals surface area contributed by atoms with E-state index in [4.69, 9.17) is 26.4 Å². The molecule has 2 fully saturated rings. The summed E-state index contributed by atoms with van der Waals surface area (Å²) in [6.45, 7) is 4.39. The summed E-state index contributed by atoms with van der Waals surface area (Å²) in [5.74, 6) is -0.528. The number of rotatable bonds is 11. The molecule has 2 aliphatic heterocycles. The van der Waals surface area contributed by atoms with Gasteiger partial charge in [-0.1, -0.05) is 26.2 Å². The van der Waals surface area contributed by atoms with E-state index in [-0.39, 0.29) is 30.2 Å². The minimum Gasteiger partial charge on any atom is -0.494 e. The van der Waals surface area contributed by atoms with Crippen LogP contribution in [0.25, 0.3) is 0 Å². The van der Waals surface area contributed by atoms with Crippen molar-refractivity contribution in [1.82, 2.24) is 15.5 Å². The topological polar surface area (TPSA) is 106 Å². The highest BCUT2D eigenvalue weighted by atomic mass is 32.1. The van der Waals surface area contributed by atoms with Crippen molar-refractivity contribution in [3.63, 3.8) is 0 Å². The minimum absolute atomic E-state index is 0.0894. The molecule has 9 nitrogen and oxygen atoms in total. The maximum atomic E-state index is 12.7. The van der Waals surface area contributed by atoms with E-state index in [0.29, 0.717) is 37.6 Å². The van der Waals surface area contributed by atoms with Crippen LogP contribution in [0.5, 0.6) is 5.75 Å². The molecule has 35 heavy (non-hydrogen) atoms. The van der Waals surface area contributed by atoms with E-state index < -0.39 is 17.9 Å². The number of benzene rings is 1. The van der Waals surface area contributed by atoms with Crippen LogP contribution in [0.3, 0.4) is 0 Å². The lowest BCUT2D eigenvalue weighted by molar-refractivity contribution is -0.150. The second-order valence-corrected chi connectivity index (χ2v) is 9.10. The van der Waals surface area contributed by atoms with Gasteiger partial charge in [0.2, 0.25) is 5.91 Å². The van der Waals surface area contributed by atoms with Crippen molar-refractivity contribution in [2.75, 3.05) is 32.9 Å². The average Bonchev–Trinajstić information content (AvgIpc) is 3.38. The Balaban J connectivity index is 1.50. The number of nitrogens with zero attached hydrogens (tertiary/aromatic N) is 1. The molecule has 2 unspecified atom stereocenters. The van der Waals surface area contributed by atoms with Crippen LogP contribution in [0.15, 0.2) is 24.3 Å². The van der Waals surface area contributed by atoms with Crippen molar-refractivity contribution < 1.29 is 28.6 Å². The zero-order chi connectivity index (χ0) is 25.0. The van der Waals surface area contributed by atoms with Gasteiger partial charge >= 0.3 is 5.97 Å². The molecule has 3 rings (SSSR count). The fourth-order valence-electron chi connectivity index (χ4n) is 4.00. The average molecular weight is 506 g/mol. The Labute approximate surface area is 211 Å². The third-order valence-corrected chi connectivity index (χ3v) is 6.35. The molecule has 0 radical (unpaired) electrons. The maximum absolute atomic E-state index is 12.7. The molecular formula is C25H35N3O6S.